The summed E-state index contributed by atoms with van der Waals surface area (Å²) in [6, 6.07) is 17.8. The first-order valence-electron chi connectivity index (χ1n) is 12.5. The quantitative estimate of drug-likeness (QED) is 0.359. The number of carbonyl (C=O) groups excluding carboxylic acids is 1. The Kier molecular flexibility index (Phi) is 7.34. The van der Waals surface area contributed by atoms with Crippen molar-refractivity contribution < 1.29 is 4.79 Å². The predicted octanol–water partition coefficient (Wildman–Crippen LogP) is 5.30. The van der Waals surface area contributed by atoms with Crippen molar-refractivity contribution in [3.8, 4) is 0 Å². The first kappa shape index (κ1) is 25.3. The van der Waals surface area contributed by atoms with Gasteiger partial charge in [-0.2, -0.15) is 5.10 Å². The van der Waals surface area contributed by atoms with Crippen LogP contribution >= 0.6 is 0 Å². The molecule has 186 valence electrons. The van der Waals surface area contributed by atoms with Crippen LogP contribution in [-0.2, 0) is 29.6 Å². The van der Waals surface area contributed by atoms with Gasteiger partial charge in [0.2, 0.25) is 5.91 Å². The van der Waals surface area contributed by atoms with Crippen molar-refractivity contribution in [1.82, 2.24) is 14.8 Å². The van der Waals surface area contributed by atoms with Gasteiger partial charge >= 0.3 is 0 Å². The van der Waals surface area contributed by atoms with Gasteiger partial charge in [-0.15, -0.1) is 0 Å². The Bertz CT molecular complexity index is 1420. The normalized spacial score (nSPS) is 11.6. The molecule has 0 bridgehead atoms. The highest BCUT2D eigenvalue weighted by Gasteiger charge is 2.20. The SMILES string of the molecule is CCc1ccc(N(CC)C(=O)Cn2nc(Cc3cccnc3)c3cc(C(C)(C)C)ccc3c2=O)cc1. The lowest BCUT2D eigenvalue weighted by Crippen LogP contribution is -2.38. The molecular weight excluding hydrogens is 448 g/mol. The van der Waals surface area contributed by atoms with Crippen molar-refractivity contribution in [3.63, 3.8) is 0 Å². The number of anilines is 1. The summed E-state index contributed by atoms with van der Waals surface area (Å²) in [6.07, 6.45) is 5.00. The summed E-state index contributed by atoms with van der Waals surface area (Å²) in [4.78, 5) is 32.8. The fraction of sp³-hybridized carbons (Fsp3) is 0.333. The minimum absolute atomic E-state index is 0.0699. The molecular formula is C30H34N4O2. The summed E-state index contributed by atoms with van der Waals surface area (Å²) in [5.41, 5.74) is 4.58. The van der Waals surface area contributed by atoms with Crippen LogP contribution in [0.25, 0.3) is 10.8 Å². The van der Waals surface area contributed by atoms with Crippen molar-refractivity contribution in [2.75, 3.05) is 11.4 Å². The Morgan fingerprint density at radius 2 is 1.72 bits per heavy atom. The van der Waals surface area contributed by atoms with E-state index in [1.165, 1.54) is 10.2 Å². The maximum absolute atomic E-state index is 13.5. The second-order valence-electron chi connectivity index (χ2n) is 10.1. The van der Waals surface area contributed by atoms with Gasteiger partial charge in [0.1, 0.15) is 6.54 Å². The minimum atomic E-state index is -0.258. The number of hydrogen-bond acceptors (Lipinski definition) is 4. The molecule has 0 unspecified atom stereocenters. The van der Waals surface area contributed by atoms with E-state index in [4.69, 9.17) is 5.10 Å². The lowest BCUT2D eigenvalue weighted by atomic mass is 9.85. The summed E-state index contributed by atoms with van der Waals surface area (Å²) in [7, 11) is 0. The number of amides is 1. The molecule has 0 aliphatic carbocycles. The van der Waals surface area contributed by atoms with Gasteiger partial charge in [-0.3, -0.25) is 14.6 Å². The standard InChI is InChI=1S/C30H34N4O2/c1-6-21-10-13-24(14-11-21)33(7-2)28(35)20-34-29(36)25-15-12-23(30(3,4)5)18-26(25)27(32-34)17-22-9-8-16-31-19-22/h8-16,18-19H,6-7,17,20H2,1-5H3. The Balaban J connectivity index is 1.76. The van der Waals surface area contributed by atoms with E-state index in [-0.39, 0.29) is 23.4 Å². The van der Waals surface area contributed by atoms with Crippen LogP contribution < -0.4 is 10.5 Å². The number of rotatable bonds is 7. The first-order valence-corrected chi connectivity index (χ1v) is 12.5. The van der Waals surface area contributed by atoms with Gasteiger partial charge < -0.3 is 4.90 Å². The molecule has 0 N–H and O–H groups in total. The van der Waals surface area contributed by atoms with Gasteiger partial charge in [0.15, 0.2) is 0 Å². The molecule has 0 fully saturated rings. The third-order valence-electron chi connectivity index (χ3n) is 6.56. The van der Waals surface area contributed by atoms with Crippen LogP contribution in [0.1, 0.15) is 57.0 Å². The average molecular weight is 483 g/mol. The van der Waals surface area contributed by atoms with Crippen LogP contribution in [-0.4, -0.2) is 27.2 Å². The van der Waals surface area contributed by atoms with Gasteiger partial charge in [0.05, 0.1) is 11.1 Å². The van der Waals surface area contributed by atoms with Crippen molar-refractivity contribution in [3.05, 3.63) is 99.7 Å². The molecule has 1 amide bonds. The molecule has 4 aromatic rings. The number of fused-ring (bicyclic) bond motifs is 1. The van der Waals surface area contributed by atoms with Crippen LogP contribution in [0.3, 0.4) is 0 Å². The highest BCUT2D eigenvalue weighted by molar-refractivity contribution is 5.93. The van der Waals surface area contributed by atoms with E-state index in [0.29, 0.717) is 18.4 Å². The Labute approximate surface area is 212 Å². The number of carbonyl (C=O) groups is 1. The molecule has 36 heavy (non-hydrogen) atoms. The zero-order chi connectivity index (χ0) is 25.9. The molecule has 4 rings (SSSR count). The Hall–Kier alpha value is -3.80. The number of aromatic nitrogens is 3. The molecule has 6 nitrogen and oxygen atoms in total. The summed E-state index contributed by atoms with van der Waals surface area (Å²) in [5.74, 6) is -0.172. The van der Waals surface area contributed by atoms with E-state index in [1.807, 2.05) is 55.5 Å². The number of likely N-dealkylation sites (N-methyl/N-ethyl adjacent to an activating group) is 1. The first-order chi connectivity index (χ1) is 17.2. The van der Waals surface area contributed by atoms with Crippen LogP contribution in [0.5, 0.6) is 0 Å². The molecule has 0 atom stereocenters. The van der Waals surface area contributed by atoms with Crippen LogP contribution in [0, 0.1) is 0 Å². The molecule has 2 aromatic carbocycles. The molecule has 6 heteroatoms. The molecule has 0 radical (unpaired) electrons. The summed E-state index contributed by atoms with van der Waals surface area (Å²) >= 11 is 0. The fourth-order valence-corrected chi connectivity index (χ4v) is 4.38. The lowest BCUT2D eigenvalue weighted by Gasteiger charge is -2.22. The average Bonchev–Trinajstić information content (AvgIpc) is 2.87. The molecule has 0 saturated heterocycles. The van der Waals surface area contributed by atoms with Crippen molar-refractivity contribution in [2.24, 2.45) is 0 Å². The lowest BCUT2D eigenvalue weighted by molar-refractivity contribution is -0.119. The fourth-order valence-electron chi connectivity index (χ4n) is 4.38. The highest BCUT2D eigenvalue weighted by Crippen LogP contribution is 2.27. The Morgan fingerprint density at radius 3 is 2.33 bits per heavy atom. The number of aryl methyl sites for hydroxylation is 1. The smallest absolute Gasteiger partial charge is 0.275 e. The Morgan fingerprint density at radius 1 is 0.972 bits per heavy atom. The van der Waals surface area contributed by atoms with Gasteiger partial charge in [-0.25, -0.2) is 4.68 Å². The maximum atomic E-state index is 13.5. The van der Waals surface area contributed by atoms with E-state index in [1.54, 1.807) is 17.3 Å². The van der Waals surface area contributed by atoms with Crippen LogP contribution in [0.2, 0.25) is 0 Å². The number of benzene rings is 2. The maximum Gasteiger partial charge on any atom is 0.275 e. The van der Waals surface area contributed by atoms with E-state index < -0.39 is 0 Å². The monoisotopic (exact) mass is 482 g/mol. The molecule has 0 aliphatic heterocycles. The topological polar surface area (TPSA) is 68.1 Å². The van der Waals surface area contributed by atoms with E-state index in [9.17, 15) is 9.59 Å². The van der Waals surface area contributed by atoms with Gasteiger partial charge in [0, 0.05) is 36.4 Å². The third kappa shape index (κ3) is 5.38. The predicted molar refractivity (Wildman–Crippen MR) is 146 cm³/mol. The largest absolute Gasteiger partial charge is 0.311 e. The molecule has 0 spiro atoms. The molecule has 2 aromatic heterocycles. The van der Waals surface area contributed by atoms with E-state index >= 15 is 0 Å². The number of hydrogen-bond donors (Lipinski definition) is 0. The third-order valence-corrected chi connectivity index (χ3v) is 6.56. The van der Waals surface area contributed by atoms with E-state index in [2.05, 4.69) is 38.7 Å². The van der Waals surface area contributed by atoms with Crippen LogP contribution in [0.15, 0.2) is 71.8 Å². The van der Waals surface area contributed by atoms with Crippen molar-refractivity contribution in [2.45, 2.75) is 59.4 Å². The molecule has 2 heterocycles. The zero-order valence-corrected chi connectivity index (χ0v) is 21.8. The van der Waals surface area contributed by atoms with Crippen LogP contribution in [0.4, 0.5) is 5.69 Å². The number of nitrogens with zero attached hydrogens (tertiary/aromatic N) is 4. The summed E-state index contributed by atoms with van der Waals surface area (Å²) in [6.45, 7) is 10.9. The van der Waals surface area contributed by atoms with Gasteiger partial charge in [-0.1, -0.05) is 52.0 Å². The molecule has 0 aliphatic rings. The summed E-state index contributed by atoms with van der Waals surface area (Å²) in [5, 5.41) is 6.12. The van der Waals surface area contributed by atoms with E-state index in [0.717, 1.165) is 34.3 Å². The van der Waals surface area contributed by atoms with Gasteiger partial charge in [-0.05, 0) is 65.8 Å². The second kappa shape index (κ2) is 10.4. The van der Waals surface area contributed by atoms with Crippen molar-refractivity contribution >= 4 is 22.4 Å². The zero-order valence-electron chi connectivity index (χ0n) is 21.8. The molecule has 0 saturated carbocycles. The number of pyridine rings is 1. The van der Waals surface area contributed by atoms with Gasteiger partial charge in [0.25, 0.3) is 5.56 Å². The van der Waals surface area contributed by atoms with Crippen molar-refractivity contribution in [1.29, 1.82) is 0 Å². The minimum Gasteiger partial charge on any atom is -0.311 e. The summed E-state index contributed by atoms with van der Waals surface area (Å²) < 4.78 is 1.32. The highest BCUT2D eigenvalue weighted by atomic mass is 16.2. The second-order valence-corrected chi connectivity index (χ2v) is 10.1.